The van der Waals surface area contributed by atoms with E-state index >= 15 is 0 Å². The van der Waals surface area contributed by atoms with Gasteiger partial charge in [-0.2, -0.15) is 0 Å². The number of esters is 1. The van der Waals surface area contributed by atoms with Crippen LogP contribution in [0.5, 0.6) is 0 Å². The van der Waals surface area contributed by atoms with Crippen molar-refractivity contribution in [2.45, 2.75) is 25.8 Å². The summed E-state index contributed by atoms with van der Waals surface area (Å²) in [6.45, 7) is 1.68. The highest BCUT2D eigenvalue weighted by Gasteiger charge is 2.13. The van der Waals surface area contributed by atoms with Crippen molar-refractivity contribution in [3.8, 4) is 0 Å². The lowest BCUT2D eigenvalue weighted by Crippen LogP contribution is -2.31. The van der Waals surface area contributed by atoms with Crippen molar-refractivity contribution in [1.82, 2.24) is 10.6 Å². The number of carbonyl (C=O) groups excluding carboxylic acids is 3. The second kappa shape index (κ2) is 10.7. The zero-order chi connectivity index (χ0) is 20.5. The summed E-state index contributed by atoms with van der Waals surface area (Å²) < 4.78 is 9.89. The van der Waals surface area contributed by atoms with Crippen LogP contribution in [-0.2, 0) is 14.3 Å². The first-order valence-electron chi connectivity index (χ1n) is 8.58. The van der Waals surface area contributed by atoms with E-state index in [0.717, 1.165) is 5.56 Å². The third-order valence-electron chi connectivity index (χ3n) is 3.77. The van der Waals surface area contributed by atoms with E-state index in [-0.39, 0.29) is 37.3 Å². The molecule has 9 heteroatoms. The molecule has 2 N–H and O–H groups in total. The molecule has 2 amide bonds. The third kappa shape index (κ3) is 6.90. The molecule has 2 rings (SSSR count). The van der Waals surface area contributed by atoms with Gasteiger partial charge in [-0.3, -0.25) is 14.4 Å². The Morgan fingerprint density at radius 3 is 2.64 bits per heavy atom. The van der Waals surface area contributed by atoms with Crippen LogP contribution in [-0.4, -0.2) is 30.9 Å². The molecule has 2 aromatic rings. The van der Waals surface area contributed by atoms with Gasteiger partial charge in [-0.05, 0) is 43.2 Å². The molecule has 0 radical (unpaired) electrons. The van der Waals surface area contributed by atoms with E-state index < -0.39 is 11.9 Å². The Hall–Kier alpha value is -2.51. The van der Waals surface area contributed by atoms with Gasteiger partial charge in [0.15, 0.2) is 12.4 Å². The minimum absolute atomic E-state index is 0.0774. The Morgan fingerprint density at radius 1 is 1.18 bits per heavy atom. The monoisotopic (exact) mass is 426 g/mol. The highest BCUT2D eigenvalue weighted by atomic mass is 35.5. The van der Waals surface area contributed by atoms with E-state index in [0.29, 0.717) is 16.5 Å². The Balaban J connectivity index is 1.63. The standard InChI is InChI=1S/C19H20Cl2N2O5/c1-12(13-6-7-14(20)15(21)10-13)23-17(24)11-28-18(25)5-2-8-22-19(26)16-4-3-9-27-16/h3-4,6-7,9-10,12H,2,5,8,11H2,1H3,(H,22,26)(H,23,24). The van der Waals surface area contributed by atoms with Gasteiger partial charge in [0.2, 0.25) is 0 Å². The number of rotatable bonds is 9. The zero-order valence-electron chi connectivity index (χ0n) is 15.2. The van der Waals surface area contributed by atoms with Crippen LogP contribution in [0.15, 0.2) is 41.0 Å². The lowest BCUT2D eigenvalue weighted by atomic mass is 10.1. The average molecular weight is 427 g/mol. The summed E-state index contributed by atoms with van der Waals surface area (Å²) >= 11 is 11.8. The molecule has 1 aromatic heterocycles. The molecule has 1 aromatic carbocycles. The molecule has 0 fully saturated rings. The maximum atomic E-state index is 11.9. The van der Waals surface area contributed by atoms with E-state index in [1.165, 1.54) is 6.26 Å². The molecule has 1 atom stereocenters. The third-order valence-corrected chi connectivity index (χ3v) is 4.51. The van der Waals surface area contributed by atoms with Gasteiger partial charge in [-0.15, -0.1) is 0 Å². The number of ether oxygens (including phenoxy) is 1. The Bertz CT molecular complexity index is 824. The molecule has 0 aliphatic carbocycles. The molecule has 1 heterocycles. The Kier molecular flexibility index (Phi) is 8.35. The van der Waals surface area contributed by atoms with Crippen molar-refractivity contribution in [3.63, 3.8) is 0 Å². The Labute approximate surface area is 172 Å². The van der Waals surface area contributed by atoms with Gasteiger partial charge in [-0.1, -0.05) is 29.3 Å². The number of carbonyl (C=O) groups is 3. The van der Waals surface area contributed by atoms with Crippen molar-refractivity contribution >= 4 is 41.0 Å². The number of benzene rings is 1. The first kappa shape index (κ1) is 21.8. The fraction of sp³-hybridized carbons (Fsp3) is 0.316. The van der Waals surface area contributed by atoms with Crippen molar-refractivity contribution < 1.29 is 23.5 Å². The highest BCUT2D eigenvalue weighted by Crippen LogP contribution is 2.25. The summed E-state index contributed by atoms with van der Waals surface area (Å²) in [4.78, 5) is 35.2. The van der Waals surface area contributed by atoms with E-state index in [1.54, 1.807) is 37.3 Å². The van der Waals surface area contributed by atoms with Crippen LogP contribution in [0.1, 0.15) is 41.9 Å². The Morgan fingerprint density at radius 2 is 1.96 bits per heavy atom. The highest BCUT2D eigenvalue weighted by molar-refractivity contribution is 6.42. The maximum Gasteiger partial charge on any atom is 0.306 e. The molecule has 0 aliphatic heterocycles. The maximum absolute atomic E-state index is 11.9. The van der Waals surface area contributed by atoms with Crippen LogP contribution < -0.4 is 10.6 Å². The van der Waals surface area contributed by atoms with E-state index in [4.69, 9.17) is 32.4 Å². The molecule has 28 heavy (non-hydrogen) atoms. The van der Waals surface area contributed by atoms with Crippen LogP contribution in [0.4, 0.5) is 0 Å². The largest absolute Gasteiger partial charge is 0.459 e. The van der Waals surface area contributed by atoms with Crippen molar-refractivity contribution in [2.75, 3.05) is 13.2 Å². The van der Waals surface area contributed by atoms with Crippen LogP contribution in [0.3, 0.4) is 0 Å². The number of nitrogens with one attached hydrogen (secondary N) is 2. The van der Waals surface area contributed by atoms with Gasteiger partial charge >= 0.3 is 5.97 Å². The van der Waals surface area contributed by atoms with Crippen molar-refractivity contribution in [3.05, 3.63) is 58.0 Å². The van der Waals surface area contributed by atoms with Crippen LogP contribution in [0.2, 0.25) is 10.0 Å². The first-order valence-corrected chi connectivity index (χ1v) is 9.34. The van der Waals surface area contributed by atoms with Gasteiger partial charge in [-0.25, -0.2) is 0 Å². The molecule has 0 saturated carbocycles. The van der Waals surface area contributed by atoms with Gasteiger partial charge < -0.3 is 19.8 Å². The summed E-state index contributed by atoms with van der Waals surface area (Å²) in [6.07, 6.45) is 1.86. The average Bonchev–Trinajstić information content (AvgIpc) is 3.20. The molecule has 0 aliphatic rings. The first-order chi connectivity index (χ1) is 13.4. The normalized spacial score (nSPS) is 11.5. The number of furan rings is 1. The second-order valence-electron chi connectivity index (χ2n) is 5.96. The number of amides is 2. The van der Waals surface area contributed by atoms with Gasteiger partial charge in [0.25, 0.3) is 11.8 Å². The predicted octanol–water partition coefficient (Wildman–Crippen LogP) is 3.52. The summed E-state index contributed by atoms with van der Waals surface area (Å²) in [7, 11) is 0. The summed E-state index contributed by atoms with van der Waals surface area (Å²) in [5.41, 5.74) is 0.779. The molecule has 1 unspecified atom stereocenters. The van der Waals surface area contributed by atoms with Gasteiger partial charge in [0, 0.05) is 13.0 Å². The van der Waals surface area contributed by atoms with Crippen LogP contribution >= 0.6 is 23.2 Å². The van der Waals surface area contributed by atoms with Crippen LogP contribution in [0.25, 0.3) is 0 Å². The molecule has 150 valence electrons. The lowest BCUT2D eigenvalue weighted by molar-refractivity contribution is -0.148. The van der Waals surface area contributed by atoms with E-state index in [9.17, 15) is 14.4 Å². The predicted molar refractivity (Wildman–Crippen MR) is 104 cm³/mol. The summed E-state index contributed by atoms with van der Waals surface area (Å²) in [5.74, 6) is -1.10. The van der Waals surface area contributed by atoms with Gasteiger partial charge in [0.05, 0.1) is 22.4 Å². The minimum Gasteiger partial charge on any atom is -0.459 e. The van der Waals surface area contributed by atoms with E-state index in [2.05, 4.69) is 10.6 Å². The molecular weight excluding hydrogens is 407 g/mol. The minimum atomic E-state index is -0.524. The quantitative estimate of drug-likeness (QED) is 0.472. The number of hydrogen-bond donors (Lipinski definition) is 2. The zero-order valence-corrected chi connectivity index (χ0v) is 16.7. The molecule has 0 spiro atoms. The summed E-state index contributed by atoms with van der Waals surface area (Å²) in [5, 5.41) is 6.15. The topological polar surface area (TPSA) is 97.6 Å². The second-order valence-corrected chi connectivity index (χ2v) is 6.77. The molecular formula is C19H20Cl2N2O5. The van der Waals surface area contributed by atoms with Gasteiger partial charge in [0.1, 0.15) is 0 Å². The smallest absolute Gasteiger partial charge is 0.306 e. The van der Waals surface area contributed by atoms with Crippen molar-refractivity contribution in [1.29, 1.82) is 0 Å². The number of halogens is 2. The SMILES string of the molecule is CC(NC(=O)COC(=O)CCCNC(=O)c1ccco1)c1ccc(Cl)c(Cl)c1. The fourth-order valence-corrected chi connectivity index (χ4v) is 2.60. The van der Waals surface area contributed by atoms with Crippen molar-refractivity contribution in [2.24, 2.45) is 0 Å². The van der Waals surface area contributed by atoms with Crippen LogP contribution in [0, 0.1) is 0 Å². The van der Waals surface area contributed by atoms with E-state index in [1.807, 2.05) is 0 Å². The fourth-order valence-electron chi connectivity index (χ4n) is 2.30. The molecule has 0 saturated heterocycles. The number of hydrogen-bond acceptors (Lipinski definition) is 5. The summed E-state index contributed by atoms with van der Waals surface area (Å²) in [6, 6.07) is 7.89. The molecule has 0 bridgehead atoms. The lowest BCUT2D eigenvalue weighted by Gasteiger charge is -2.15. The molecule has 7 nitrogen and oxygen atoms in total.